The molecule has 0 aliphatic heterocycles. The van der Waals surface area contributed by atoms with E-state index < -0.39 is 4.92 Å². The summed E-state index contributed by atoms with van der Waals surface area (Å²) in [6, 6.07) is 3.54. The molecule has 0 atom stereocenters. The quantitative estimate of drug-likeness (QED) is 0.467. The standard InChI is InChI=1S/C12H15NO4S/c1-8(13(14)15)5-9-6-11(17-3)12(18-4)7-10(9)16-2/h5-7H,1-4H3/b8-5+. The summed E-state index contributed by atoms with van der Waals surface area (Å²) < 4.78 is 10.5. The number of rotatable bonds is 5. The average molecular weight is 269 g/mol. The molecule has 0 amide bonds. The van der Waals surface area contributed by atoms with Gasteiger partial charge >= 0.3 is 0 Å². The van der Waals surface area contributed by atoms with Crippen LogP contribution in [0.5, 0.6) is 11.5 Å². The molecule has 0 bridgehead atoms. The SMILES string of the molecule is COc1cc(SC)c(OC)cc1/C=C(\C)[N+](=O)[O-]. The maximum Gasteiger partial charge on any atom is 0.243 e. The van der Waals surface area contributed by atoms with Gasteiger partial charge in [0.1, 0.15) is 11.5 Å². The summed E-state index contributed by atoms with van der Waals surface area (Å²) in [6.07, 6.45) is 3.39. The van der Waals surface area contributed by atoms with Gasteiger partial charge in [-0.15, -0.1) is 11.8 Å². The van der Waals surface area contributed by atoms with Crippen molar-refractivity contribution in [1.29, 1.82) is 0 Å². The molecule has 0 aliphatic rings. The Morgan fingerprint density at radius 2 is 1.94 bits per heavy atom. The van der Waals surface area contributed by atoms with Crippen LogP contribution in [0.4, 0.5) is 0 Å². The fourth-order valence-corrected chi connectivity index (χ4v) is 2.01. The Bertz CT molecular complexity index is 485. The van der Waals surface area contributed by atoms with Gasteiger partial charge in [-0.1, -0.05) is 0 Å². The van der Waals surface area contributed by atoms with Crippen molar-refractivity contribution in [1.82, 2.24) is 0 Å². The Balaban J connectivity index is 3.34. The third kappa shape index (κ3) is 3.16. The molecule has 0 N–H and O–H groups in total. The van der Waals surface area contributed by atoms with E-state index in [0.717, 1.165) is 4.90 Å². The van der Waals surface area contributed by atoms with E-state index in [1.807, 2.05) is 12.3 Å². The highest BCUT2D eigenvalue weighted by Crippen LogP contribution is 2.35. The van der Waals surface area contributed by atoms with Crippen molar-refractivity contribution in [3.05, 3.63) is 33.5 Å². The van der Waals surface area contributed by atoms with Crippen molar-refractivity contribution in [3.8, 4) is 11.5 Å². The van der Waals surface area contributed by atoms with Crippen molar-refractivity contribution in [2.75, 3.05) is 20.5 Å². The summed E-state index contributed by atoms with van der Waals surface area (Å²) in [7, 11) is 3.10. The highest BCUT2D eigenvalue weighted by molar-refractivity contribution is 7.98. The van der Waals surface area contributed by atoms with Crippen LogP contribution < -0.4 is 9.47 Å². The molecule has 0 spiro atoms. The van der Waals surface area contributed by atoms with E-state index >= 15 is 0 Å². The van der Waals surface area contributed by atoms with Gasteiger partial charge in [0.2, 0.25) is 5.70 Å². The van der Waals surface area contributed by atoms with Crippen molar-refractivity contribution >= 4 is 17.8 Å². The van der Waals surface area contributed by atoms with Crippen LogP contribution in [0.25, 0.3) is 6.08 Å². The molecule has 0 radical (unpaired) electrons. The van der Waals surface area contributed by atoms with Crippen molar-refractivity contribution in [2.45, 2.75) is 11.8 Å². The van der Waals surface area contributed by atoms with Crippen LogP contribution in [-0.4, -0.2) is 25.4 Å². The molecule has 0 aliphatic carbocycles. The molecule has 98 valence electrons. The summed E-state index contributed by atoms with van der Waals surface area (Å²) >= 11 is 1.52. The Kier molecular flexibility index (Phi) is 5.03. The number of hydrogen-bond acceptors (Lipinski definition) is 5. The Labute approximate surface area is 110 Å². The van der Waals surface area contributed by atoms with Crippen LogP contribution >= 0.6 is 11.8 Å². The lowest BCUT2D eigenvalue weighted by molar-refractivity contribution is -0.422. The molecule has 18 heavy (non-hydrogen) atoms. The van der Waals surface area contributed by atoms with Crippen molar-refractivity contribution in [2.24, 2.45) is 0 Å². The molecule has 0 saturated heterocycles. The van der Waals surface area contributed by atoms with Gasteiger partial charge in [0.05, 0.1) is 24.0 Å². The highest BCUT2D eigenvalue weighted by Gasteiger charge is 2.12. The maximum atomic E-state index is 10.6. The van der Waals surface area contributed by atoms with Gasteiger partial charge in [0.15, 0.2) is 0 Å². The second kappa shape index (κ2) is 6.30. The third-order valence-corrected chi connectivity index (χ3v) is 3.15. The predicted molar refractivity (Wildman–Crippen MR) is 72.0 cm³/mol. The highest BCUT2D eigenvalue weighted by atomic mass is 32.2. The molecule has 0 aromatic heterocycles. The zero-order chi connectivity index (χ0) is 13.7. The van der Waals surface area contributed by atoms with Gasteiger partial charge in [-0.25, -0.2) is 0 Å². The van der Waals surface area contributed by atoms with Crippen LogP contribution in [-0.2, 0) is 0 Å². The molecule has 0 heterocycles. The number of thioether (sulfide) groups is 1. The lowest BCUT2D eigenvalue weighted by Gasteiger charge is -2.11. The topological polar surface area (TPSA) is 61.6 Å². The first-order valence-electron chi connectivity index (χ1n) is 5.16. The maximum absolute atomic E-state index is 10.6. The van der Waals surface area contributed by atoms with Crippen molar-refractivity contribution < 1.29 is 14.4 Å². The van der Waals surface area contributed by atoms with Gasteiger partial charge in [-0.05, 0) is 18.4 Å². The van der Waals surface area contributed by atoms with E-state index in [1.165, 1.54) is 31.9 Å². The van der Waals surface area contributed by atoms with Crippen LogP contribution in [0.15, 0.2) is 22.7 Å². The number of nitrogens with zero attached hydrogens (tertiary/aromatic N) is 1. The van der Waals surface area contributed by atoms with E-state index in [1.54, 1.807) is 13.2 Å². The number of ether oxygens (including phenoxy) is 2. The Morgan fingerprint density at radius 1 is 1.33 bits per heavy atom. The number of methoxy groups -OCH3 is 2. The second-order valence-corrected chi connectivity index (χ2v) is 4.34. The zero-order valence-electron chi connectivity index (χ0n) is 10.7. The summed E-state index contributed by atoms with van der Waals surface area (Å²) in [4.78, 5) is 11.1. The summed E-state index contributed by atoms with van der Waals surface area (Å²) in [5, 5.41) is 10.6. The summed E-state index contributed by atoms with van der Waals surface area (Å²) in [5.41, 5.74) is 0.675. The van der Waals surface area contributed by atoms with E-state index in [4.69, 9.17) is 9.47 Å². The first kappa shape index (κ1) is 14.4. The lowest BCUT2D eigenvalue weighted by atomic mass is 10.1. The molecule has 6 heteroatoms. The monoisotopic (exact) mass is 269 g/mol. The molecule has 0 saturated carbocycles. The first-order valence-corrected chi connectivity index (χ1v) is 6.38. The van der Waals surface area contributed by atoms with Crippen LogP contribution in [0.2, 0.25) is 0 Å². The molecule has 0 unspecified atom stereocenters. The van der Waals surface area contributed by atoms with Crippen molar-refractivity contribution in [3.63, 3.8) is 0 Å². The smallest absolute Gasteiger partial charge is 0.243 e. The minimum Gasteiger partial charge on any atom is -0.496 e. The normalized spacial score (nSPS) is 11.2. The minimum atomic E-state index is -0.436. The van der Waals surface area contributed by atoms with E-state index in [0.29, 0.717) is 17.1 Å². The van der Waals surface area contributed by atoms with Gasteiger partial charge in [-0.2, -0.15) is 0 Å². The molecule has 0 fully saturated rings. The van der Waals surface area contributed by atoms with Crippen LogP contribution in [0.1, 0.15) is 12.5 Å². The zero-order valence-corrected chi connectivity index (χ0v) is 11.5. The largest absolute Gasteiger partial charge is 0.496 e. The number of hydrogen-bond donors (Lipinski definition) is 0. The van der Waals surface area contributed by atoms with Gasteiger partial charge in [0.25, 0.3) is 0 Å². The number of allylic oxidation sites excluding steroid dienone is 1. The molecule has 1 aromatic rings. The molecule has 1 rings (SSSR count). The minimum absolute atomic E-state index is 0.0484. The third-order valence-electron chi connectivity index (χ3n) is 2.39. The van der Waals surface area contributed by atoms with E-state index in [-0.39, 0.29) is 5.70 Å². The molecular formula is C12H15NO4S. The van der Waals surface area contributed by atoms with Crippen LogP contribution in [0, 0.1) is 10.1 Å². The fraction of sp³-hybridized carbons (Fsp3) is 0.333. The Morgan fingerprint density at radius 3 is 2.39 bits per heavy atom. The van der Waals surface area contributed by atoms with E-state index in [2.05, 4.69) is 0 Å². The average Bonchev–Trinajstić information content (AvgIpc) is 2.37. The predicted octanol–water partition coefficient (Wildman–Crippen LogP) is 3.06. The van der Waals surface area contributed by atoms with E-state index in [9.17, 15) is 10.1 Å². The number of nitro groups is 1. The molecular weight excluding hydrogens is 254 g/mol. The Hall–Kier alpha value is -1.69. The second-order valence-electron chi connectivity index (χ2n) is 3.49. The first-order chi connectivity index (χ1) is 8.53. The summed E-state index contributed by atoms with van der Waals surface area (Å²) in [5.74, 6) is 1.26. The summed E-state index contributed by atoms with van der Waals surface area (Å²) in [6.45, 7) is 1.44. The van der Waals surface area contributed by atoms with Crippen LogP contribution in [0.3, 0.4) is 0 Å². The fourth-order valence-electron chi connectivity index (χ4n) is 1.44. The molecule has 5 nitrogen and oxygen atoms in total. The number of benzene rings is 1. The van der Waals surface area contributed by atoms with Gasteiger partial charge in [-0.3, -0.25) is 10.1 Å². The molecule has 1 aromatic carbocycles. The van der Waals surface area contributed by atoms with Gasteiger partial charge < -0.3 is 9.47 Å². The van der Waals surface area contributed by atoms with Gasteiger partial charge in [0, 0.05) is 18.6 Å². The lowest BCUT2D eigenvalue weighted by Crippen LogP contribution is -1.96.